The monoisotopic (exact) mass is 289 g/mol. The smallest absolute Gasteiger partial charge is 0.335 e. The van der Waals surface area contributed by atoms with Gasteiger partial charge in [-0.25, -0.2) is 4.79 Å². The number of hydrogen-bond acceptors (Lipinski definition) is 2. The lowest BCUT2D eigenvalue weighted by Gasteiger charge is -2.14. The zero-order chi connectivity index (χ0) is 15.7. The van der Waals surface area contributed by atoms with Gasteiger partial charge in [0.15, 0.2) is 0 Å². The summed E-state index contributed by atoms with van der Waals surface area (Å²) in [5.41, 5.74) is 4.72. The number of aromatic nitrogens is 1. The van der Waals surface area contributed by atoms with Gasteiger partial charge in [0.2, 0.25) is 0 Å². The van der Waals surface area contributed by atoms with Gasteiger partial charge in [0, 0.05) is 17.6 Å². The molecule has 0 amide bonds. The maximum atomic E-state index is 11.4. The first-order chi connectivity index (χ1) is 9.92. The Bertz CT molecular complexity index is 683. The van der Waals surface area contributed by atoms with Crippen LogP contribution in [-0.4, -0.2) is 27.4 Å². The highest BCUT2D eigenvalue weighted by Gasteiger charge is 2.20. The van der Waals surface area contributed by atoms with Crippen LogP contribution >= 0.6 is 0 Å². The number of aromatic carboxylic acids is 1. The van der Waals surface area contributed by atoms with Gasteiger partial charge in [0.1, 0.15) is 0 Å². The summed E-state index contributed by atoms with van der Waals surface area (Å²) < 4.78 is 2.12. The average molecular weight is 289 g/mol. The summed E-state index contributed by atoms with van der Waals surface area (Å²) in [5.74, 6) is -0.670. The van der Waals surface area contributed by atoms with Gasteiger partial charge < -0.3 is 14.8 Å². The lowest BCUT2D eigenvalue weighted by molar-refractivity contribution is 0.0697. The van der Waals surface area contributed by atoms with Crippen LogP contribution in [0.5, 0.6) is 0 Å². The molecule has 0 saturated carbocycles. The minimum atomic E-state index is -0.895. The van der Waals surface area contributed by atoms with Gasteiger partial charge >= 0.3 is 5.97 Å². The summed E-state index contributed by atoms with van der Waals surface area (Å²) in [5, 5.41) is 19.7. The number of aliphatic hydroxyl groups excluding tert-OH is 1. The third-order valence-electron chi connectivity index (χ3n) is 4.12. The molecule has 0 aliphatic carbocycles. The molecule has 4 heteroatoms. The second-order valence-electron chi connectivity index (χ2n) is 5.71. The standard InChI is InChI=1S/C17H23NO3/c1-5-13-11(4)18(6-7-19)16-14(10(2)3)8-12(17(20)21)9-15(13)16/h8-10,19H,5-7H2,1-4H3,(H,20,21). The second-order valence-corrected chi connectivity index (χ2v) is 5.71. The first-order valence-electron chi connectivity index (χ1n) is 7.42. The topological polar surface area (TPSA) is 62.5 Å². The van der Waals surface area contributed by atoms with Crippen molar-refractivity contribution in [2.24, 2.45) is 0 Å². The molecule has 2 aromatic rings. The molecule has 0 saturated heterocycles. The van der Waals surface area contributed by atoms with Crippen molar-refractivity contribution in [3.63, 3.8) is 0 Å². The highest BCUT2D eigenvalue weighted by Crippen LogP contribution is 2.33. The van der Waals surface area contributed by atoms with Crippen molar-refractivity contribution in [3.8, 4) is 0 Å². The predicted octanol–water partition coefficient (Wildman–Crippen LogP) is 3.33. The van der Waals surface area contributed by atoms with Crippen LogP contribution in [0.1, 0.15) is 53.9 Å². The first kappa shape index (κ1) is 15.6. The molecule has 0 bridgehead atoms. The lowest BCUT2D eigenvalue weighted by atomic mass is 9.96. The van der Waals surface area contributed by atoms with E-state index in [0.29, 0.717) is 12.1 Å². The number of aryl methyl sites for hydroxylation is 1. The Morgan fingerprint density at radius 3 is 2.48 bits per heavy atom. The molecule has 0 unspecified atom stereocenters. The molecule has 2 rings (SSSR count). The van der Waals surface area contributed by atoms with Crippen molar-refractivity contribution >= 4 is 16.9 Å². The summed E-state index contributed by atoms with van der Waals surface area (Å²) in [4.78, 5) is 11.4. The number of rotatable bonds is 5. The Labute approximate surface area is 125 Å². The van der Waals surface area contributed by atoms with E-state index in [1.807, 2.05) is 6.92 Å². The van der Waals surface area contributed by atoms with E-state index in [4.69, 9.17) is 0 Å². The molecular weight excluding hydrogens is 266 g/mol. The summed E-state index contributed by atoms with van der Waals surface area (Å²) >= 11 is 0. The van der Waals surface area contributed by atoms with Crippen molar-refractivity contribution in [3.05, 3.63) is 34.5 Å². The third kappa shape index (κ3) is 2.56. The Hall–Kier alpha value is -1.81. The van der Waals surface area contributed by atoms with Crippen molar-refractivity contribution in [1.82, 2.24) is 4.57 Å². The number of carboxylic acids is 1. The molecule has 0 atom stereocenters. The number of fused-ring (bicyclic) bond motifs is 1. The largest absolute Gasteiger partial charge is 0.478 e. The summed E-state index contributed by atoms with van der Waals surface area (Å²) in [7, 11) is 0. The fourth-order valence-electron chi connectivity index (χ4n) is 3.10. The molecule has 21 heavy (non-hydrogen) atoms. The number of nitrogens with zero attached hydrogens (tertiary/aromatic N) is 1. The van der Waals surface area contributed by atoms with Gasteiger partial charge in [0.05, 0.1) is 17.7 Å². The van der Waals surface area contributed by atoms with Crippen LogP contribution in [0, 0.1) is 6.92 Å². The van der Waals surface area contributed by atoms with Gasteiger partial charge in [-0.05, 0) is 42.5 Å². The van der Waals surface area contributed by atoms with E-state index in [2.05, 4.69) is 25.3 Å². The fraction of sp³-hybridized carbons (Fsp3) is 0.471. The van der Waals surface area contributed by atoms with Gasteiger partial charge in [-0.2, -0.15) is 0 Å². The van der Waals surface area contributed by atoms with E-state index >= 15 is 0 Å². The SMILES string of the molecule is CCc1c(C)n(CCO)c2c(C(C)C)cc(C(=O)O)cc12. The summed E-state index contributed by atoms with van der Waals surface area (Å²) in [6, 6.07) is 3.53. The number of benzene rings is 1. The molecule has 1 aromatic heterocycles. The van der Waals surface area contributed by atoms with Crippen molar-refractivity contribution < 1.29 is 15.0 Å². The number of carboxylic acid groups (broad SMARTS) is 1. The normalized spacial score (nSPS) is 11.5. The lowest BCUT2D eigenvalue weighted by Crippen LogP contribution is -2.07. The fourth-order valence-corrected chi connectivity index (χ4v) is 3.10. The van der Waals surface area contributed by atoms with Gasteiger partial charge in [-0.1, -0.05) is 20.8 Å². The third-order valence-corrected chi connectivity index (χ3v) is 4.12. The van der Waals surface area contributed by atoms with Crippen molar-refractivity contribution in [2.75, 3.05) is 6.61 Å². The van der Waals surface area contributed by atoms with E-state index in [1.165, 1.54) is 5.56 Å². The van der Waals surface area contributed by atoms with E-state index in [9.17, 15) is 15.0 Å². The van der Waals surface area contributed by atoms with Crippen LogP contribution in [0.2, 0.25) is 0 Å². The average Bonchev–Trinajstić information content (AvgIpc) is 2.70. The molecule has 114 valence electrons. The maximum absolute atomic E-state index is 11.4. The van der Waals surface area contributed by atoms with Gasteiger partial charge in [-0.3, -0.25) is 0 Å². The molecular formula is C17H23NO3. The molecule has 0 aliphatic heterocycles. The minimum Gasteiger partial charge on any atom is -0.478 e. The number of carbonyl (C=O) groups is 1. The highest BCUT2D eigenvalue weighted by atomic mass is 16.4. The van der Waals surface area contributed by atoms with E-state index in [-0.39, 0.29) is 12.5 Å². The van der Waals surface area contributed by atoms with Crippen LogP contribution in [0.4, 0.5) is 0 Å². The Morgan fingerprint density at radius 1 is 1.33 bits per heavy atom. The van der Waals surface area contributed by atoms with Gasteiger partial charge in [-0.15, -0.1) is 0 Å². The zero-order valence-electron chi connectivity index (χ0n) is 13.1. The van der Waals surface area contributed by atoms with Crippen LogP contribution in [0.25, 0.3) is 10.9 Å². The zero-order valence-corrected chi connectivity index (χ0v) is 13.1. The van der Waals surface area contributed by atoms with Gasteiger partial charge in [0.25, 0.3) is 0 Å². The summed E-state index contributed by atoms with van der Waals surface area (Å²) in [6.07, 6.45) is 0.849. The van der Waals surface area contributed by atoms with Crippen LogP contribution in [0.15, 0.2) is 12.1 Å². The molecule has 1 aromatic carbocycles. The quantitative estimate of drug-likeness (QED) is 0.887. The van der Waals surface area contributed by atoms with Crippen molar-refractivity contribution in [2.45, 2.75) is 46.6 Å². The minimum absolute atomic E-state index is 0.0754. The Balaban J connectivity index is 2.92. The molecule has 1 heterocycles. The Kier molecular flexibility index (Phi) is 4.37. The molecule has 0 aliphatic rings. The molecule has 0 spiro atoms. The number of aliphatic hydroxyl groups is 1. The second kappa shape index (κ2) is 5.90. The van der Waals surface area contributed by atoms with Crippen LogP contribution < -0.4 is 0 Å². The molecule has 4 nitrogen and oxygen atoms in total. The highest BCUT2D eigenvalue weighted by molar-refractivity contribution is 5.97. The molecule has 0 radical (unpaired) electrons. The predicted molar refractivity (Wildman–Crippen MR) is 84.2 cm³/mol. The van der Waals surface area contributed by atoms with Crippen LogP contribution in [0.3, 0.4) is 0 Å². The van der Waals surface area contributed by atoms with Crippen molar-refractivity contribution in [1.29, 1.82) is 0 Å². The molecule has 0 fully saturated rings. The van der Waals surface area contributed by atoms with E-state index in [1.54, 1.807) is 12.1 Å². The summed E-state index contributed by atoms with van der Waals surface area (Å²) in [6.45, 7) is 8.86. The first-order valence-corrected chi connectivity index (χ1v) is 7.42. The Morgan fingerprint density at radius 2 is 2.00 bits per heavy atom. The molecule has 2 N–H and O–H groups in total. The van der Waals surface area contributed by atoms with E-state index in [0.717, 1.165) is 28.6 Å². The van der Waals surface area contributed by atoms with Crippen LogP contribution in [-0.2, 0) is 13.0 Å². The number of hydrogen-bond donors (Lipinski definition) is 2. The maximum Gasteiger partial charge on any atom is 0.335 e. The van der Waals surface area contributed by atoms with E-state index < -0.39 is 5.97 Å².